The van der Waals surface area contributed by atoms with Crippen LogP contribution in [0.4, 0.5) is 4.39 Å². The van der Waals surface area contributed by atoms with Gasteiger partial charge in [-0.05, 0) is 36.2 Å². The third-order valence-corrected chi connectivity index (χ3v) is 13.3. The molecule has 0 unspecified atom stereocenters. The minimum absolute atomic E-state index is 0. The van der Waals surface area contributed by atoms with Crippen LogP contribution in [0.1, 0.15) is 57.6 Å². The summed E-state index contributed by atoms with van der Waals surface area (Å²) >= 11 is -1.90. The molecule has 0 aliphatic heterocycles. The summed E-state index contributed by atoms with van der Waals surface area (Å²) in [4.78, 5) is 9.24. The van der Waals surface area contributed by atoms with Gasteiger partial charge in [-0.15, -0.1) is 23.8 Å². The Morgan fingerprint density at radius 2 is 1.65 bits per heavy atom. The van der Waals surface area contributed by atoms with Crippen LogP contribution < -0.4 is 4.40 Å². The fourth-order valence-corrected chi connectivity index (χ4v) is 10.1. The Hall–Kier alpha value is -3.12. The monoisotopic (exact) mass is 879 g/mol. The first kappa shape index (κ1) is 36.2. The van der Waals surface area contributed by atoms with E-state index in [-0.39, 0.29) is 25.9 Å². The number of benzene rings is 3. The molecular formula is C42H45FGeIrN2O-2. The number of hydrogen-bond acceptors (Lipinski definition) is 3. The van der Waals surface area contributed by atoms with Crippen molar-refractivity contribution in [3.8, 4) is 22.5 Å². The zero-order valence-electron chi connectivity index (χ0n) is 28.9. The van der Waals surface area contributed by atoms with Crippen molar-refractivity contribution >= 4 is 39.6 Å². The second-order valence-electron chi connectivity index (χ2n) is 15.2. The molecule has 1 radical (unpaired) electrons. The second-order valence-corrected chi connectivity index (χ2v) is 25.8. The average molecular weight is 878 g/mol. The van der Waals surface area contributed by atoms with Gasteiger partial charge in [0.2, 0.25) is 0 Å². The molecule has 1 aliphatic rings. The van der Waals surface area contributed by atoms with Gasteiger partial charge < -0.3 is 9.40 Å². The van der Waals surface area contributed by atoms with Gasteiger partial charge in [0.15, 0.2) is 0 Å². The molecular weight excluding hydrogens is 832 g/mol. The van der Waals surface area contributed by atoms with Crippen LogP contribution in [0.25, 0.3) is 44.5 Å². The summed E-state index contributed by atoms with van der Waals surface area (Å²) in [6.07, 6.45) is 11.6. The molecule has 3 aromatic carbocycles. The fraction of sp³-hybridized carbons (Fsp3) is 0.333. The van der Waals surface area contributed by atoms with Gasteiger partial charge in [-0.25, -0.2) is 4.39 Å². The molecule has 3 heterocycles. The molecule has 0 spiro atoms. The van der Waals surface area contributed by atoms with Gasteiger partial charge in [-0.1, -0.05) is 48.8 Å². The predicted molar refractivity (Wildman–Crippen MR) is 196 cm³/mol. The van der Waals surface area contributed by atoms with Crippen LogP contribution in [0.5, 0.6) is 0 Å². The third-order valence-electron chi connectivity index (χ3n) is 8.98. The molecule has 0 bridgehead atoms. The maximum Gasteiger partial charge on any atom is 0.133 e. The number of fused-ring (bicyclic) bond motifs is 3. The SMILES string of the molecule is CC(C)(C)Cc1cc(-c2[c-]cccc2)nc[c]1[Ge]([CH3])([CH3])[CH3].Fc1cccc2oc3c[c-]c(-c4cc(CC5CCCC5)ccn4)cc3c12.[Ir]. The van der Waals surface area contributed by atoms with Crippen LogP contribution in [0.2, 0.25) is 17.3 Å². The summed E-state index contributed by atoms with van der Waals surface area (Å²) in [6, 6.07) is 29.8. The first-order chi connectivity index (χ1) is 22.4. The van der Waals surface area contributed by atoms with E-state index in [9.17, 15) is 4.39 Å². The summed E-state index contributed by atoms with van der Waals surface area (Å²) < 4.78 is 21.6. The largest absolute Gasteiger partial charge is 0.500 e. The summed E-state index contributed by atoms with van der Waals surface area (Å²) in [5.41, 5.74) is 8.19. The number of aromatic nitrogens is 2. The molecule has 1 saturated carbocycles. The van der Waals surface area contributed by atoms with Crippen molar-refractivity contribution in [1.29, 1.82) is 0 Å². The number of nitrogens with zero attached hydrogens (tertiary/aromatic N) is 2. The summed E-state index contributed by atoms with van der Waals surface area (Å²) in [6.45, 7) is 6.92. The smallest absolute Gasteiger partial charge is 0.133 e. The summed E-state index contributed by atoms with van der Waals surface area (Å²) in [5, 5.41) is 1.30. The molecule has 0 atom stereocenters. The zero-order chi connectivity index (χ0) is 33.2. The van der Waals surface area contributed by atoms with Gasteiger partial charge in [-0.3, -0.25) is 0 Å². The predicted octanol–water partition coefficient (Wildman–Crippen LogP) is 11.0. The summed E-state index contributed by atoms with van der Waals surface area (Å²) in [5.74, 6) is 7.86. The molecule has 251 valence electrons. The minimum atomic E-state index is -1.90. The molecule has 6 aromatic rings. The van der Waals surface area contributed by atoms with E-state index in [1.807, 2.05) is 30.5 Å². The molecule has 6 heteroatoms. The van der Waals surface area contributed by atoms with Crippen LogP contribution in [0.15, 0.2) is 89.6 Å². The number of halogens is 1. The van der Waals surface area contributed by atoms with E-state index >= 15 is 0 Å². The van der Waals surface area contributed by atoms with Crippen LogP contribution in [-0.4, -0.2) is 23.2 Å². The molecule has 3 nitrogen and oxygen atoms in total. The Labute approximate surface area is 301 Å². The third kappa shape index (κ3) is 8.72. The Kier molecular flexibility index (Phi) is 11.4. The van der Waals surface area contributed by atoms with Crippen molar-refractivity contribution in [2.75, 3.05) is 0 Å². The molecule has 0 amide bonds. The van der Waals surface area contributed by atoms with Gasteiger partial charge >= 0.3 is 132 Å². The first-order valence-electron chi connectivity index (χ1n) is 16.9. The van der Waals surface area contributed by atoms with Gasteiger partial charge in [0.05, 0.1) is 5.58 Å². The van der Waals surface area contributed by atoms with E-state index in [0.717, 1.165) is 46.7 Å². The van der Waals surface area contributed by atoms with Crippen molar-refractivity contribution in [1.82, 2.24) is 9.97 Å². The van der Waals surface area contributed by atoms with Crippen molar-refractivity contribution in [2.24, 2.45) is 11.3 Å². The fourth-order valence-electron chi connectivity index (χ4n) is 6.76. The van der Waals surface area contributed by atoms with Crippen molar-refractivity contribution < 1.29 is 28.9 Å². The van der Waals surface area contributed by atoms with E-state index in [1.165, 1.54) is 47.3 Å². The van der Waals surface area contributed by atoms with E-state index < -0.39 is 13.3 Å². The standard InChI is InChI=1S/C23H19FNO.C19H26GeN.Ir/c24-19-6-3-7-22-23(19)18-14-17(8-9-21(18)26-22)20-13-16(10-11-25-20)12-15-4-1-2-5-15;1-19(2,3)13-16-12-18(15-10-8-7-9-11-15)21-14-17(16)20(4,5)6;/h3,6-7,9-11,13-15H,1-2,4-5,12H2;7-10,12,14H,13H2,1-6H3;/q2*-1;. The number of hydrogen-bond donors (Lipinski definition) is 0. The summed E-state index contributed by atoms with van der Waals surface area (Å²) in [7, 11) is 0. The van der Waals surface area contributed by atoms with Gasteiger partial charge in [0.25, 0.3) is 0 Å². The van der Waals surface area contributed by atoms with Crippen LogP contribution in [-0.2, 0) is 32.9 Å². The number of pyridine rings is 2. The first-order valence-corrected chi connectivity index (χ1v) is 24.2. The topological polar surface area (TPSA) is 38.9 Å². The minimum Gasteiger partial charge on any atom is -0.500 e. The van der Waals surface area contributed by atoms with Crippen molar-refractivity contribution in [2.45, 2.75) is 76.6 Å². The van der Waals surface area contributed by atoms with E-state index in [1.54, 1.807) is 18.2 Å². The van der Waals surface area contributed by atoms with Gasteiger partial charge in [0, 0.05) is 31.7 Å². The maximum absolute atomic E-state index is 14.3. The van der Waals surface area contributed by atoms with E-state index in [0.29, 0.717) is 22.0 Å². The Bertz CT molecular complexity index is 1990. The quantitative estimate of drug-likeness (QED) is 0.124. The van der Waals surface area contributed by atoms with Crippen LogP contribution in [0.3, 0.4) is 0 Å². The Balaban J connectivity index is 0.000000189. The van der Waals surface area contributed by atoms with Crippen LogP contribution >= 0.6 is 0 Å². The van der Waals surface area contributed by atoms with Gasteiger partial charge in [0.1, 0.15) is 11.4 Å². The van der Waals surface area contributed by atoms with Gasteiger partial charge in [-0.2, -0.15) is 0 Å². The molecule has 0 N–H and O–H groups in total. The molecule has 0 saturated heterocycles. The van der Waals surface area contributed by atoms with E-state index in [2.05, 4.69) is 85.6 Å². The molecule has 1 fully saturated rings. The number of rotatable bonds is 6. The number of furan rings is 1. The second kappa shape index (κ2) is 15.2. The van der Waals surface area contributed by atoms with E-state index in [4.69, 9.17) is 9.40 Å². The molecule has 48 heavy (non-hydrogen) atoms. The Morgan fingerprint density at radius 3 is 2.35 bits per heavy atom. The Morgan fingerprint density at radius 1 is 0.875 bits per heavy atom. The van der Waals surface area contributed by atoms with Crippen molar-refractivity contribution in [3.63, 3.8) is 0 Å². The average Bonchev–Trinajstić information content (AvgIpc) is 3.68. The zero-order valence-corrected chi connectivity index (χ0v) is 33.4. The van der Waals surface area contributed by atoms with Crippen molar-refractivity contribution in [3.05, 3.63) is 114 Å². The normalized spacial score (nSPS) is 13.7. The van der Waals surface area contributed by atoms with Crippen LogP contribution in [0, 0.1) is 29.3 Å². The maximum atomic E-state index is 14.3. The molecule has 3 aromatic heterocycles. The molecule has 1 aliphatic carbocycles. The molecule has 7 rings (SSSR count).